The van der Waals surface area contributed by atoms with Gasteiger partial charge in [-0.05, 0) is 69.8 Å². The number of aliphatic carboxylic acids is 1. The van der Waals surface area contributed by atoms with E-state index in [1.807, 2.05) is 84.9 Å². The molecule has 0 spiro atoms. The van der Waals surface area contributed by atoms with Crippen molar-refractivity contribution in [3.63, 3.8) is 0 Å². The van der Waals surface area contributed by atoms with Crippen molar-refractivity contribution in [2.75, 3.05) is 5.32 Å². The van der Waals surface area contributed by atoms with E-state index in [4.69, 9.17) is 4.74 Å². The summed E-state index contributed by atoms with van der Waals surface area (Å²) in [6.45, 7) is 1.09. The molecule has 7 N–H and O–H groups in total. The summed E-state index contributed by atoms with van der Waals surface area (Å²) in [5.41, 5.74) is 4.74. The van der Waals surface area contributed by atoms with Crippen molar-refractivity contribution < 1.29 is 48.2 Å². The summed E-state index contributed by atoms with van der Waals surface area (Å²) in [5.74, 6) is -6.87. The summed E-state index contributed by atoms with van der Waals surface area (Å²) in [6, 6.07) is 38.1. The first-order chi connectivity index (χ1) is 35.3. The van der Waals surface area contributed by atoms with Crippen LogP contribution in [-0.4, -0.2) is 88.8 Å². The number of anilines is 1. The number of ether oxygens (including phenoxy) is 1. The molecule has 0 saturated carbocycles. The molecular formula is C56H56N6O10S. The van der Waals surface area contributed by atoms with E-state index >= 15 is 0 Å². The first kappa shape index (κ1) is 52.4. The van der Waals surface area contributed by atoms with Gasteiger partial charge in [0.15, 0.2) is 6.10 Å². The quantitative estimate of drug-likeness (QED) is 0.0563. The number of carbonyl (C=O) groups is 8. The summed E-state index contributed by atoms with van der Waals surface area (Å²) >= 11 is 1.34. The highest BCUT2D eigenvalue weighted by atomic mass is 32.1. The van der Waals surface area contributed by atoms with Crippen molar-refractivity contribution >= 4 is 64.4 Å². The third-order valence-corrected chi connectivity index (χ3v) is 13.0. The zero-order chi connectivity index (χ0) is 51.7. The number of benzene rings is 5. The van der Waals surface area contributed by atoms with Gasteiger partial charge in [0.05, 0.1) is 6.42 Å². The van der Waals surface area contributed by atoms with Gasteiger partial charge in [0, 0.05) is 43.2 Å². The maximum Gasteiger partial charge on any atom is 0.326 e. The predicted molar refractivity (Wildman–Crippen MR) is 275 cm³/mol. The molecule has 2 aliphatic rings. The van der Waals surface area contributed by atoms with E-state index in [9.17, 15) is 43.5 Å². The lowest BCUT2D eigenvalue weighted by Gasteiger charge is -2.27. The van der Waals surface area contributed by atoms with Gasteiger partial charge in [0.25, 0.3) is 5.91 Å². The Kier molecular flexibility index (Phi) is 18.4. The number of esters is 1. The number of carboxylic acid groups (broad SMARTS) is 1. The molecule has 5 aromatic carbocycles. The monoisotopic (exact) mass is 1000 g/mol. The fourth-order valence-electron chi connectivity index (χ4n) is 8.31. The van der Waals surface area contributed by atoms with Crippen molar-refractivity contribution in [3.05, 3.63) is 184 Å². The average Bonchev–Trinajstić information content (AvgIpc) is 3.91. The standard InChI is InChI=1S/C56H56N6O10S/c1-35(63)72-49-34-50(64)58-47(33-43-18-11-29-73-43)54(68)61-45(30-38-19-24-41(25-20-38)40-16-9-4-10-17-40)52(66)59-44(28-23-36-12-5-2-6-13-36)51(65)60-46(31-39-21-26-42(27-22-39)57-55(49)69)53(67)62-48(56(70)71)32-37-14-7-3-8-15-37/h2-22,24-27,29,44-49H,23,28,30-34H2,1H3,(H,57,69)(H,58,64)(H,59,66)(H,60,65)(H,61,68)(H,62,67)(H,70,71)/t44-,45+,46-,47-,48-,49+/m0/s1. The van der Waals surface area contributed by atoms with Gasteiger partial charge in [0.1, 0.15) is 30.2 Å². The number of carbonyl (C=O) groups excluding carboxylic acids is 7. The van der Waals surface area contributed by atoms with Gasteiger partial charge in [0.2, 0.25) is 29.5 Å². The molecular weight excluding hydrogens is 949 g/mol. The normalized spacial score (nSPS) is 19.4. The number of thiophene rings is 1. The minimum atomic E-state index is -1.62. The molecule has 0 radical (unpaired) electrons. The molecule has 376 valence electrons. The summed E-state index contributed by atoms with van der Waals surface area (Å²) < 4.78 is 5.31. The van der Waals surface area contributed by atoms with E-state index in [1.165, 1.54) is 23.5 Å². The molecule has 1 aromatic heterocycles. The molecule has 6 aromatic rings. The molecule has 0 saturated heterocycles. The summed E-state index contributed by atoms with van der Waals surface area (Å²) in [6.07, 6.45) is -2.22. The van der Waals surface area contributed by atoms with E-state index in [1.54, 1.807) is 60.0 Å². The summed E-state index contributed by atoms with van der Waals surface area (Å²) in [7, 11) is 0. The smallest absolute Gasteiger partial charge is 0.326 e. The van der Waals surface area contributed by atoms with Crippen LogP contribution >= 0.6 is 11.3 Å². The lowest BCUT2D eigenvalue weighted by atomic mass is 9.98. The highest BCUT2D eigenvalue weighted by Crippen LogP contribution is 2.21. The molecule has 6 atom stereocenters. The number of carboxylic acids is 1. The third kappa shape index (κ3) is 15.8. The lowest BCUT2D eigenvalue weighted by molar-refractivity contribution is -0.153. The van der Waals surface area contributed by atoms with E-state index in [2.05, 4.69) is 31.9 Å². The van der Waals surface area contributed by atoms with Crippen molar-refractivity contribution in [2.24, 2.45) is 0 Å². The van der Waals surface area contributed by atoms with Gasteiger partial charge in [-0.15, -0.1) is 11.3 Å². The fraction of sp³-hybridized carbons (Fsp3) is 0.250. The maximum atomic E-state index is 14.9. The van der Waals surface area contributed by atoms with Crippen LogP contribution in [0.1, 0.15) is 46.9 Å². The molecule has 8 rings (SSSR count). The summed E-state index contributed by atoms with van der Waals surface area (Å²) in [5, 5.41) is 28.5. The lowest BCUT2D eigenvalue weighted by Crippen LogP contribution is -2.60. The van der Waals surface area contributed by atoms with Gasteiger partial charge in [-0.3, -0.25) is 33.6 Å². The van der Waals surface area contributed by atoms with Crippen molar-refractivity contribution in [3.8, 4) is 11.1 Å². The molecule has 3 heterocycles. The Bertz CT molecular complexity index is 2850. The molecule has 6 amide bonds. The van der Waals surface area contributed by atoms with Crippen LogP contribution in [0, 0.1) is 0 Å². The number of aryl methyl sites for hydroxylation is 1. The van der Waals surface area contributed by atoms with Crippen LogP contribution in [0.4, 0.5) is 5.69 Å². The fourth-order valence-corrected chi connectivity index (χ4v) is 9.07. The van der Waals surface area contributed by atoms with Crippen LogP contribution in [0.5, 0.6) is 0 Å². The molecule has 16 nitrogen and oxygen atoms in total. The maximum absolute atomic E-state index is 14.9. The second-order valence-electron chi connectivity index (χ2n) is 17.7. The summed E-state index contributed by atoms with van der Waals surface area (Å²) in [4.78, 5) is 112. The first-order valence-electron chi connectivity index (χ1n) is 23.8. The van der Waals surface area contributed by atoms with Gasteiger partial charge >= 0.3 is 11.9 Å². The van der Waals surface area contributed by atoms with Crippen LogP contribution in [0.25, 0.3) is 11.1 Å². The Morgan fingerprint density at radius 3 is 1.82 bits per heavy atom. The minimum absolute atomic E-state index is 0.00816. The van der Waals surface area contributed by atoms with Crippen LogP contribution in [-0.2, 0) is 75.2 Å². The SMILES string of the molecule is CC(=O)O[C@@H]1CC(=O)N[C@@H](Cc2cccs2)C(=O)N[C@H](Cc2ccc(-c3ccccc3)cc2)C(=O)N[C@@H](CCc2ccccc2)C(=O)N[C@H](C(=O)N[C@@H](Cc2ccccc2)C(=O)O)Cc2ccc(cc2)NC1=O. The molecule has 0 aliphatic carbocycles. The highest BCUT2D eigenvalue weighted by Gasteiger charge is 2.34. The van der Waals surface area contributed by atoms with Gasteiger partial charge in [-0.2, -0.15) is 0 Å². The molecule has 2 aliphatic heterocycles. The topological polar surface area (TPSA) is 238 Å². The number of hydrogen-bond acceptors (Lipinski definition) is 10. The van der Waals surface area contributed by atoms with Gasteiger partial charge in [-0.1, -0.05) is 133 Å². The second kappa shape index (κ2) is 25.6. The van der Waals surface area contributed by atoms with E-state index in [0.717, 1.165) is 23.6 Å². The minimum Gasteiger partial charge on any atom is -0.480 e. The number of nitrogens with one attached hydrogen (secondary N) is 6. The number of fused-ring (bicyclic) bond motifs is 18. The van der Waals surface area contributed by atoms with E-state index in [0.29, 0.717) is 28.0 Å². The Balaban J connectivity index is 1.26. The zero-order valence-corrected chi connectivity index (χ0v) is 40.8. The zero-order valence-electron chi connectivity index (χ0n) is 40.0. The molecule has 73 heavy (non-hydrogen) atoms. The Hall–Kier alpha value is -8.44. The first-order valence-corrected chi connectivity index (χ1v) is 24.7. The van der Waals surface area contributed by atoms with Crippen molar-refractivity contribution in [2.45, 2.75) is 88.2 Å². The number of hydrogen-bond donors (Lipinski definition) is 7. The molecule has 0 unspecified atom stereocenters. The number of rotatable bonds is 14. The average molecular weight is 1010 g/mol. The van der Waals surface area contributed by atoms with E-state index < -0.39 is 90.1 Å². The van der Waals surface area contributed by atoms with Crippen LogP contribution in [0.3, 0.4) is 0 Å². The van der Waals surface area contributed by atoms with Crippen molar-refractivity contribution in [1.29, 1.82) is 0 Å². The largest absolute Gasteiger partial charge is 0.480 e. The Morgan fingerprint density at radius 1 is 0.616 bits per heavy atom. The third-order valence-electron chi connectivity index (χ3n) is 12.1. The van der Waals surface area contributed by atoms with Crippen LogP contribution < -0.4 is 31.9 Å². The van der Waals surface area contributed by atoms with Gasteiger partial charge < -0.3 is 41.7 Å². The number of amides is 6. The highest BCUT2D eigenvalue weighted by molar-refractivity contribution is 7.09. The molecule has 0 fully saturated rings. The van der Waals surface area contributed by atoms with Gasteiger partial charge in [-0.25, -0.2) is 4.79 Å². The Labute approximate surface area is 426 Å². The second-order valence-corrected chi connectivity index (χ2v) is 18.7. The van der Waals surface area contributed by atoms with Crippen molar-refractivity contribution in [1.82, 2.24) is 26.6 Å². The van der Waals surface area contributed by atoms with E-state index in [-0.39, 0.29) is 37.8 Å². The molecule has 2 bridgehead atoms. The van der Waals surface area contributed by atoms with Crippen LogP contribution in [0.2, 0.25) is 0 Å². The predicted octanol–water partition coefficient (Wildman–Crippen LogP) is 5.10. The Morgan fingerprint density at radius 2 is 1.21 bits per heavy atom. The van der Waals surface area contributed by atoms with Crippen LogP contribution in [0.15, 0.2) is 157 Å². The molecule has 17 heteroatoms.